The van der Waals surface area contributed by atoms with Gasteiger partial charge in [0.05, 0.1) is 12.1 Å². The van der Waals surface area contributed by atoms with Gasteiger partial charge in [-0.15, -0.1) is 0 Å². The molecule has 1 aliphatic heterocycles. The van der Waals surface area contributed by atoms with E-state index < -0.39 is 59.9 Å². The molecule has 1 fully saturated rings. The maximum absolute atomic E-state index is 12.9. The number of rotatable bonds is 14. The standard InChI is InChI=1S/C20H35N5O8/c1-11(26)16(20(32)33)24-17(29)13(5-2-3-9-21)23-18(30)14-6-4-10-25(14)19(31)12(22)7-8-15(27)28/h11-14,16,26H,2-10,21-22H2,1H3,(H,23,30)(H,24,29)(H,27,28)(H,32,33). The van der Waals surface area contributed by atoms with Crippen LogP contribution in [0, 0.1) is 0 Å². The lowest BCUT2D eigenvalue weighted by molar-refractivity contribution is -0.145. The van der Waals surface area contributed by atoms with E-state index in [2.05, 4.69) is 10.6 Å². The van der Waals surface area contributed by atoms with Crippen molar-refractivity contribution in [2.75, 3.05) is 13.1 Å². The van der Waals surface area contributed by atoms with Crippen molar-refractivity contribution < 1.29 is 39.3 Å². The molecule has 5 unspecified atom stereocenters. The lowest BCUT2D eigenvalue weighted by Gasteiger charge is -2.29. The molecule has 13 nitrogen and oxygen atoms in total. The van der Waals surface area contributed by atoms with Crippen LogP contribution in [0.5, 0.6) is 0 Å². The SMILES string of the molecule is CC(O)C(NC(=O)C(CCCCN)NC(=O)C1CCCN1C(=O)C(N)CCC(=O)O)C(=O)O. The number of likely N-dealkylation sites (tertiary alicyclic amines) is 1. The Morgan fingerprint density at radius 2 is 1.76 bits per heavy atom. The van der Waals surface area contributed by atoms with Crippen molar-refractivity contribution in [3.05, 3.63) is 0 Å². The summed E-state index contributed by atoms with van der Waals surface area (Å²) in [6.45, 7) is 1.86. The van der Waals surface area contributed by atoms with Gasteiger partial charge in [-0.2, -0.15) is 0 Å². The van der Waals surface area contributed by atoms with Crippen molar-refractivity contribution in [1.29, 1.82) is 0 Å². The summed E-state index contributed by atoms with van der Waals surface area (Å²) in [6.07, 6.45) is 0.393. The monoisotopic (exact) mass is 473 g/mol. The van der Waals surface area contributed by atoms with Gasteiger partial charge in [0, 0.05) is 13.0 Å². The van der Waals surface area contributed by atoms with Crippen LogP contribution in [-0.2, 0) is 24.0 Å². The third kappa shape index (κ3) is 8.94. The Hall–Kier alpha value is -2.77. The molecule has 5 atom stereocenters. The van der Waals surface area contributed by atoms with E-state index in [4.69, 9.17) is 16.6 Å². The summed E-state index contributed by atoms with van der Waals surface area (Å²) in [5.41, 5.74) is 11.3. The highest BCUT2D eigenvalue weighted by atomic mass is 16.4. The molecule has 0 saturated carbocycles. The fraction of sp³-hybridized carbons (Fsp3) is 0.750. The zero-order valence-electron chi connectivity index (χ0n) is 18.7. The molecule has 1 heterocycles. The van der Waals surface area contributed by atoms with Crippen LogP contribution in [0.1, 0.15) is 51.9 Å². The molecule has 1 aliphatic rings. The first-order valence-corrected chi connectivity index (χ1v) is 11.0. The molecule has 1 saturated heterocycles. The van der Waals surface area contributed by atoms with Gasteiger partial charge in [0.15, 0.2) is 6.04 Å². The van der Waals surface area contributed by atoms with Crippen molar-refractivity contribution in [2.45, 2.75) is 82.1 Å². The predicted octanol–water partition coefficient (Wildman–Crippen LogP) is -2.27. The fourth-order valence-electron chi connectivity index (χ4n) is 3.59. The molecular formula is C20H35N5O8. The number of carboxylic acid groups (broad SMARTS) is 2. The van der Waals surface area contributed by atoms with E-state index in [1.165, 1.54) is 11.8 Å². The van der Waals surface area contributed by atoms with Gasteiger partial charge in [-0.05, 0) is 52.0 Å². The van der Waals surface area contributed by atoms with Crippen LogP contribution >= 0.6 is 0 Å². The highest BCUT2D eigenvalue weighted by Crippen LogP contribution is 2.20. The number of hydrogen-bond donors (Lipinski definition) is 7. The van der Waals surface area contributed by atoms with Crippen molar-refractivity contribution >= 4 is 29.7 Å². The largest absolute Gasteiger partial charge is 0.481 e. The average molecular weight is 474 g/mol. The highest BCUT2D eigenvalue weighted by molar-refractivity contribution is 5.94. The van der Waals surface area contributed by atoms with E-state index in [0.717, 1.165) is 0 Å². The molecule has 0 spiro atoms. The Balaban J connectivity index is 2.89. The molecule has 0 aromatic heterocycles. The number of unbranched alkanes of at least 4 members (excludes halogenated alkanes) is 1. The molecule has 9 N–H and O–H groups in total. The van der Waals surface area contributed by atoms with Crippen LogP contribution in [-0.4, -0.2) is 93.2 Å². The van der Waals surface area contributed by atoms with Crippen molar-refractivity contribution in [3.63, 3.8) is 0 Å². The molecule has 0 radical (unpaired) electrons. The zero-order chi connectivity index (χ0) is 25.1. The third-order valence-electron chi connectivity index (χ3n) is 5.45. The first-order valence-electron chi connectivity index (χ1n) is 11.0. The van der Waals surface area contributed by atoms with Gasteiger partial charge >= 0.3 is 11.9 Å². The number of carbonyl (C=O) groups excluding carboxylic acids is 3. The van der Waals surface area contributed by atoms with E-state index in [-0.39, 0.29) is 25.8 Å². The molecular weight excluding hydrogens is 438 g/mol. The summed E-state index contributed by atoms with van der Waals surface area (Å²) < 4.78 is 0. The summed E-state index contributed by atoms with van der Waals surface area (Å²) in [5.74, 6) is -4.42. The Bertz CT molecular complexity index is 717. The smallest absolute Gasteiger partial charge is 0.328 e. The summed E-state index contributed by atoms with van der Waals surface area (Å²) >= 11 is 0. The minimum atomic E-state index is -1.55. The van der Waals surface area contributed by atoms with Gasteiger partial charge in [0.25, 0.3) is 0 Å². The maximum atomic E-state index is 12.9. The second-order valence-electron chi connectivity index (χ2n) is 8.14. The fourth-order valence-corrected chi connectivity index (χ4v) is 3.59. The molecule has 0 aromatic carbocycles. The van der Waals surface area contributed by atoms with E-state index in [0.29, 0.717) is 32.2 Å². The first kappa shape index (κ1) is 28.3. The normalized spacial score (nSPS) is 19.3. The number of carbonyl (C=O) groups is 5. The number of aliphatic carboxylic acids is 2. The van der Waals surface area contributed by atoms with E-state index in [1.807, 2.05) is 0 Å². The number of aliphatic hydroxyl groups is 1. The number of carboxylic acids is 2. The topological polar surface area (TPSA) is 225 Å². The second-order valence-corrected chi connectivity index (χ2v) is 8.14. The van der Waals surface area contributed by atoms with Gasteiger partial charge in [-0.3, -0.25) is 19.2 Å². The Morgan fingerprint density at radius 3 is 2.30 bits per heavy atom. The second kappa shape index (κ2) is 13.7. The predicted molar refractivity (Wildman–Crippen MR) is 116 cm³/mol. The molecule has 0 aromatic rings. The lowest BCUT2D eigenvalue weighted by atomic mass is 10.1. The number of aliphatic hydroxyl groups excluding tert-OH is 1. The summed E-state index contributed by atoms with van der Waals surface area (Å²) in [5, 5.41) is 32.4. The molecule has 3 amide bonds. The van der Waals surface area contributed by atoms with Gasteiger partial charge in [-0.1, -0.05) is 0 Å². The zero-order valence-corrected chi connectivity index (χ0v) is 18.7. The Labute approximate surface area is 191 Å². The summed E-state index contributed by atoms with van der Waals surface area (Å²) in [4.78, 5) is 61.6. The molecule has 0 aliphatic carbocycles. The number of amides is 3. The highest BCUT2D eigenvalue weighted by Gasteiger charge is 2.38. The van der Waals surface area contributed by atoms with Crippen molar-refractivity contribution in [2.24, 2.45) is 11.5 Å². The van der Waals surface area contributed by atoms with Crippen LogP contribution in [0.25, 0.3) is 0 Å². The molecule has 0 bridgehead atoms. The average Bonchev–Trinajstić information content (AvgIpc) is 3.23. The van der Waals surface area contributed by atoms with Gasteiger partial charge in [-0.25, -0.2) is 4.79 Å². The molecule has 13 heteroatoms. The first-order chi connectivity index (χ1) is 15.5. The van der Waals surface area contributed by atoms with Crippen molar-refractivity contribution in [3.8, 4) is 0 Å². The number of nitrogens with zero attached hydrogens (tertiary/aromatic N) is 1. The minimum Gasteiger partial charge on any atom is -0.481 e. The van der Waals surface area contributed by atoms with Gasteiger partial charge in [0.2, 0.25) is 17.7 Å². The Kier molecular flexibility index (Phi) is 11.7. The van der Waals surface area contributed by atoms with E-state index in [9.17, 15) is 34.2 Å². The van der Waals surface area contributed by atoms with Crippen LogP contribution in [0.3, 0.4) is 0 Å². The number of nitrogens with one attached hydrogen (secondary N) is 2. The molecule has 33 heavy (non-hydrogen) atoms. The van der Waals surface area contributed by atoms with Crippen LogP contribution in [0.15, 0.2) is 0 Å². The summed E-state index contributed by atoms with van der Waals surface area (Å²) in [6, 6.07) is -4.60. The van der Waals surface area contributed by atoms with E-state index in [1.54, 1.807) is 0 Å². The van der Waals surface area contributed by atoms with Crippen LogP contribution in [0.4, 0.5) is 0 Å². The maximum Gasteiger partial charge on any atom is 0.328 e. The number of hydrogen-bond acceptors (Lipinski definition) is 8. The third-order valence-corrected chi connectivity index (χ3v) is 5.45. The van der Waals surface area contributed by atoms with Gasteiger partial charge < -0.3 is 42.3 Å². The molecule has 1 rings (SSSR count). The molecule has 188 valence electrons. The van der Waals surface area contributed by atoms with Gasteiger partial charge in [0.1, 0.15) is 12.1 Å². The van der Waals surface area contributed by atoms with Crippen LogP contribution in [0.2, 0.25) is 0 Å². The van der Waals surface area contributed by atoms with Crippen LogP contribution < -0.4 is 22.1 Å². The Morgan fingerprint density at radius 1 is 1.09 bits per heavy atom. The van der Waals surface area contributed by atoms with E-state index >= 15 is 0 Å². The quantitative estimate of drug-likeness (QED) is 0.134. The van der Waals surface area contributed by atoms with Crippen molar-refractivity contribution in [1.82, 2.24) is 15.5 Å². The number of nitrogens with two attached hydrogens (primary N) is 2. The lowest BCUT2D eigenvalue weighted by Crippen LogP contribution is -2.57. The minimum absolute atomic E-state index is 0.0704. The summed E-state index contributed by atoms with van der Waals surface area (Å²) in [7, 11) is 0.